The standard InChI is InChI=1S/C49H35N3/c1-50-46-18-10-8-16-42(46)44-32-36(24-30-47(44)50)34-20-26-40(27-21-34)51(38-12-4-2-5-13-38)41-28-22-35(23-29-41)37-25-31-49-45(33-37)43-17-9-11-19-48(43)52(49)39-14-6-3-7-15-39/h2-33H,1H3. The van der Waals surface area contributed by atoms with Gasteiger partial charge in [-0.2, -0.15) is 0 Å². The predicted molar refractivity (Wildman–Crippen MR) is 220 cm³/mol. The molecule has 246 valence electrons. The Labute approximate surface area is 302 Å². The quantitative estimate of drug-likeness (QED) is 0.172. The molecule has 0 radical (unpaired) electrons. The number of fused-ring (bicyclic) bond motifs is 6. The van der Waals surface area contributed by atoms with Crippen molar-refractivity contribution in [1.82, 2.24) is 9.13 Å². The van der Waals surface area contributed by atoms with E-state index in [0.29, 0.717) is 0 Å². The Morgan fingerprint density at radius 1 is 0.327 bits per heavy atom. The van der Waals surface area contributed by atoms with Crippen molar-refractivity contribution < 1.29 is 0 Å². The number of para-hydroxylation sites is 4. The summed E-state index contributed by atoms with van der Waals surface area (Å²) in [6, 6.07) is 70.2. The normalized spacial score (nSPS) is 11.6. The van der Waals surface area contributed by atoms with Gasteiger partial charge in [-0.15, -0.1) is 0 Å². The molecule has 10 aromatic rings. The topological polar surface area (TPSA) is 13.1 Å². The van der Waals surface area contributed by atoms with Crippen LogP contribution in [0, 0.1) is 0 Å². The summed E-state index contributed by atoms with van der Waals surface area (Å²) in [4.78, 5) is 2.33. The molecule has 3 nitrogen and oxygen atoms in total. The average Bonchev–Trinajstić information content (AvgIpc) is 3.70. The van der Waals surface area contributed by atoms with Gasteiger partial charge in [0.15, 0.2) is 0 Å². The molecule has 0 fully saturated rings. The fourth-order valence-electron chi connectivity index (χ4n) is 7.99. The van der Waals surface area contributed by atoms with E-state index in [-0.39, 0.29) is 0 Å². The third kappa shape index (κ3) is 4.90. The predicted octanol–water partition coefficient (Wildman–Crippen LogP) is 13.2. The van der Waals surface area contributed by atoms with Gasteiger partial charge in [0.05, 0.1) is 11.0 Å². The maximum Gasteiger partial charge on any atom is 0.0541 e. The Balaban J connectivity index is 1.01. The van der Waals surface area contributed by atoms with Gasteiger partial charge in [0.25, 0.3) is 0 Å². The Kier molecular flexibility index (Phi) is 7.04. The maximum absolute atomic E-state index is 2.36. The highest BCUT2D eigenvalue weighted by Crippen LogP contribution is 2.39. The first kappa shape index (κ1) is 30.0. The molecule has 0 aliphatic heterocycles. The Bertz CT molecular complexity index is 2880. The number of hydrogen-bond donors (Lipinski definition) is 0. The fraction of sp³-hybridized carbons (Fsp3) is 0.0204. The average molecular weight is 666 g/mol. The minimum Gasteiger partial charge on any atom is -0.344 e. The van der Waals surface area contributed by atoms with Crippen molar-refractivity contribution in [2.24, 2.45) is 7.05 Å². The van der Waals surface area contributed by atoms with Crippen LogP contribution in [0.2, 0.25) is 0 Å². The number of rotatable bonds is 6. The molecule has 0 saturated carbocycles. The first-order valence-electron chi connectivity index (χ1n) is 17.8. The number of aryl methyl sites for hydroxylation is 1. The van der Waals surface area contributed by atoms with Crippen LogP contribution in [0.25, 0.3) is 71.6 Å². The summed E-state index contributed by atoms with van der Waals surface area (Å²) in [7, 11) is 2.15. The first-order valence-corrected chi connectivity index (χ1v) is 17.8. The van der Waals surface area contributed by atoms with Gasteiger partial charge in [-0.3, -0.25) is 0 Å². The van der Waals surface area contributed by atoms with E-state index >= 15 is 0 Å². The molecule has 10 rings (SSSR count). The largest absolute Gasteiger partial charge is 0.344 e. The van der Waals surface area contributed by atoms with E-state index in [1.165, 1.54) is 71.6 Å². The van der Waals surface area contributed by atoms with Crippen LogP contribution in [0.4, 0.5) is 17.1 Å². The molecular formula is C49H35N3. The third-order valence-electron chi connectivity index (χ3n) is 10.5. The first-order chi connectivity index (χ1) is 25.7. The van der Waals surface area contributed by atoms with Crippen molar-refractivity contribution in [3.05, 3.63) is 194 Å². The van der Waals surface area contributed by atoms with E-state index in [1.807, 2.05) is 0 Å². The van der Waals surface area contributed by atoms with Crippen LogP contribution < -0.4 is 4.90 Å². The zero-order valence-corrected chi connectivity index (χ0v) is 28.8. The number of benzene rings is 8. The lowest BCUT2D eigenvalue weighted by atomic mass is 10.0. The summed E-state index contributed by atoms with van der Waals surface area (Å²) in [5, 5.41) is 5.09. The molecule has 0 aliphatic rings. The van der Waals surface area contributed by atoms with Gasteiger partial charge in [-0.05, 0) is 107 Å². The van der Waals surface area contributed by atoms with Crippen LogP contribution in [0.15, 0.2) is 194 Å². The molecule has 0 aliphatic carbocycles. The number of aromatic nitrogens is 2. The lowest BCUT2D eigenvalue weighted by Gasteiger charge is -2.26. The molecule has 3 heteroatoms. The van der Waals surface area contributed by atoms with Gasteiger partial charge in [-0.25, -0.2) is 0 Å². The SMILES string of the molecule is Cn1c2ccccc2c2cc(-c3ccc(N(c4ccccc4)c4ccc(-c5ccc6c(c5)c5ccccc5n6-c5ccccc5)cc4)cc3)ccc21. The summed E-state index contributed by atoms with van der Waals surface area (Å²) in [6.45, 7) is 0. The molecule has 0 unspecified atom stereocenters. The van der Waals surface area contributed by atoms with E-state index in [9.17, 15) is 0 Å². The van der Waals surface area contributed by atoms with Crippen molar-refractivity contribution in [3.63, 3.8) is 0 Å². The van der Waals surface area contributed by atoms with Crippen LogP contribution >= 0.6 is 0 Å². The fourth-order valence-corrected chi connectivity index (χ4v) is 7.99. The van der Waals surface area contributed by atoms with Gasteiger partial charge in [-0.1, -0.05) is 109 Å². The van der Waals surface area contributed by atoms with E-state index in [2.05, 4.69) is 215 Å². The van der Waals surface area contributed by atoms with E-state index in [4.69, 9.17) is 0 Å². The van der Waals surface area contributed by atoms with Crippen LogP contribution in [0.3, 0.4) is 0 Å². The molecule has 52 heavy (non-hydrogen) atoms. The van der Waals surface area contributed by atoms with Crippen LogP contribution in [-0.2, 0) is 7.05 Å². The minimum absolute atomic E-state index is 1.11. The van der Waals surface area contributed by atoms with E-state index in [1.54, 1.807) is 0 Å². The second kappa shape index (κ2) is 12.2. The summed E-state index contributed by atoms with van der Waals surface area (Å²) in [5.41, 5.74) is 14.3. The molecule has 0 bridgehead atoms. The number of anilines is 3. The van der Waals surface area contributed by atoms with E-state index in [0.717, 1.165) is 17.1 Å². The molecule has 2 aromatic heterocycles. The lowest BCUT2D eigenvalue weighted by Crippen LogP contribution is -2.09. The molecule has 0 spiro atoms. The zero-order chi connectivity index (χ0) is 34.6. The van der Waals surface area contributed by atoms with Gasteiger partial charge in [0.2, 0.25) is 0 Å². The van der Waals surface area contributed by atoms with Crippen molar-refractivity contribution in [3.8, 4) is 27.9 Å². The number of hydrogen-bond acceptors (Lipinski definition) is 1. The van der Waals surface area contributed by atoms with Crippen LogP contribution in [0.1, 0.15) is 0 Å². The summed E-state index contributed by atoms with van der Waals surface area (Å²) < 4.78 is 4.64. The molecule has 2 heterocycles. The smallest absolute Gasteiger partial charge is 0.0541 e. The second-order valence-electron chi connectivity index (χ2n) is 13.5. The molecule has 0 saturated heterocycles. The van der Waals surface area contributed by atoms with Crippen LogP contribution in [0.5, 0.6) is 0 Å². The molecule has 8 aromatic carbocycles. The highest BCUT2D eigenvalue weighted by Gasteiger charge is 2.16. The Morgan fingerprint density at radius 3 is 1.35 bits per heavy atom. The zero-order valence-electron chi connectivity index (χ0n) is 28.8. The van der Waals surface area contributed by atoms with E-state index < -0.39 is 0 Å². The number of nitrogens with zero attached hydrogens (tertiary/aromatic N) is 3. The van der Waals surface area contributed by atoms with Gasteiger partial charge in [0, 0.05) is 62.4 Å². The lowest BCUT2D eigenvalue weighted by molar-refractivity contribution is 1.01. The molecule has 0 amide bonds. The van der Waals surface area contributed by atoms with Gasteiger partial charge >= 0.3 is 0 Å². The van der Waals surface area contributed by atoms with Crippen molar-refractivity contribution >= 4 is 60.7 Å². The highest BCUT2D eigenvalue weighted by atomic mass is 15.1. The molecular weight excluding hydrogens is 631 g/mol. The van der Waals surface area contributed by atoms with Crippen molar-refractivity contribution in [1.29, 1.82) is 0 Å². The van der Waals surface area contributed by atoms with Crippen molar-refractivity contribution in [2.75, 3.05) is 4.90 Å². The summed E-state index contributed by atoms with van der Waals surface area (Å²) in [5.74, 6) is 0. The Hall–Kier alpha value is -6.84. The minimum atomic E-state index is 1.11. The third-order valence-corrected chi connectivity index (χ3v) is 10.5. The van der Waals surface area contributed by atoms with Gasteiger partial charge < -0.3 is 14.0 Å². The molecule has 0 N–H and O–H groups in total. The summed E-state index contributed by atoms with van der Waals surface area (Å²) >= 11 is 0. The second-order valence-corrected chi connectivity index (χ2v) is 13.5. The van der Waals surface area contributed by atoms with Crippen molar-refractivity contribution in [2.45, 2.75) is 0 Å². The molecule has 0 atom stereocenters. The summed E-state index contributed by atoms with van der Waals surface area (Å²) in [6.07, 6.45) is 0. The Morgan fingerprint density at radius 2 is 0.731 bits per heavy atom. The maximum atomic E-state index is 2.36. The monoisotopic (exact) mass is 665 g/mol. The van der Waals surface area contributed by atoms with Gasteiger partial charge in [0.1, 0.15) is 0 Å². The highest BCUT2D eigenvalue weighted by molar-refractivity contribution is 6.11. The van der Waals surface area contributed by atoms with Crippen LogP contribution in [-0.4, -0.2) is 9.13 Å².